The monoisotopic (exact) mass is 809 g/mol. The van der Waals surface area contributed by atoms with Crippen LogP contribution in [0.15, 0.2) is 66.8 Å². The lowest BCUT2D eigenvalue weighted by atomic mass is 10.1. The molecule has 0 saturated carbocycles. The highest BCUT2D eigenvalue weighted by Crippen LogP contribution is 2.25. The van der Waals surface area contributed by atoms with Gasteiger partial charge in [-0.3, -0.25) is 9.59 Å². The van der Waals surface area contributed by atoms with Crippen molar-refractivity contribution in [2.75, 3.05) is 26.4 Å². The molecule has 0 radical (unpaired) electrons. The van der Waals surface area contributed by atoms with Crippen LogP contribution in [-0.2, 0) is 25.7 Å². The fourth-order valence-corrected chi connectivity index (χ4v) is 6.37. The Kier molecular flexibility index (Phi) is 38.0. The Morgan fingerprint density at radius 1 is 0.483 bits per heavy atom. The molecule has 0 aliphatic heterocycles. The average Bonchev–Trinajstić information content (AvgIpc) is 3.23. The van der Waals surface area contributed by atoms with E-state index in [4.69, 9.17) is 18.9 Å². The highest BCUT2D eigenvalue weighted by atomic mass is 16.5. The molecule has 1 aromatic rings. The molecule has 0 aliphatic carbocycles. The zero-order valence-corrected chi connectivity index (χ0v) is 37.1. The first kappa shape index (κ1) is 52.7. The van der Waals surface area contributed by atoms with Gasteiger partial charge in [0, 0.05) is 18.4 Å². The number of allylic oxidation sites excluding steroid dienone is 8. The van der Waals surface area contributed by atoms with Crippen LogP contribution >= 0.6 is 0 Å². The van der Waals surface area contributed by atoms with Gasteiger partial charge in [-0.15, -0.1) is 0 Å². The van der Waals surface area contributed by atoms with Crippen molar-refractivity contribution >= 4 is 11.9 Å². The number of ether oxygens (including phenoxy) is 4. The Morgan fingerprint density at radius 2 is 0.897 bits per heavy atom. The van der Waals surface area contributed by atoms with Crippen LogP contribution in [0.4, 0.5) is 0 Å². The van der Waals surface area contributed by atoms with Crippen molar-refractivity contribution in [2.24, 2.45) is 0 Å². The minimum absolute atomic E-state index is 0.112. The Morgan fingerprint density at radius 3 is 1.36 bits per heavy atom. The Hall–Kier alpha value is -3.32. The molecule has 7 heteroatoms. The molecule has 0 saturated heterocycles. The van der Waals surface area contributed by atoms with Crippen LogP contribution in [0.25, 0.3) is 0 Å². The van der Waals surface area contributed by atoms with Gasteiger partial charge in [-0.1, -0.05) is 127 Å². The largest absolute Gasteiger partial charge is 0.494 e. The Labute approximate surface area is 355 Å². The number of unbranched alkanes of at least 4 members (excludes halogenated alkanes) is 18. The second kappa shape index (κ2) is 41.8. The lowest BCUT2D eigenvalue weighted by Crippen LogP contribution is -2.08. The number of hydrogen-bond acceptors (Lipinski definition) is 7. The number of carbonyl (C=O) groups excluding carboxylic acids is 2. The molecule has 0 unspecified atom stereocenters. The SMILES string of the molecule is CCCCC/C=C\C/C=C\CCCCCCCC(=O)OCCCCOc1ccc(OCCCCOC(=O)CCCCCCC/C=C\C/C=C\CCCCC)c(CO)c1. The molecule has 0 aromatic heterocycles. The lowest BCUT2D eigenvalue weighted by Gasteiger charge is -2.13. The van der Waals surface area contributed by atoms with E-state index in [-0.39, 0.29) is 18.5 Å². The van der Waals surface area contributed by atoms with Crippen LogP contribution < -0.4 is 9.47 Å². The molecule has 0 fully saturated rings. The molecule has 58 heavy (non-hydrogen) atoms. The van der Waals surface area contributed by atoms with E-state index in [1.807, 2.05) is 12.1 Å². The number of hydrogen-bond donors (Lipinski definition) is 1. The van der Waals surface area contributed by atoms with Gasteiger partial charge < -0.3 is 24.1 Å². The highest BCUT2D eigenvalue weighted by molar-refractivity contribution is 5.69. The van der Waals surface area contributed by atoms with Crippen LogP contribution in [0.1, 0.15) is 199 Å². The van der Waals surface area contributed by atoms with Gasteiger partial charge in [-0.05, 0) is 121 Å². The first-order valence-corrected chi connectivity index (χ1v) is 23.5. The average molecular weight is 809 g/mol. The van der Waals surface area contributed by atoms with Gasteiger partial charge in [0.05, 0.1) is 33.0 Å². The summed E-state index contributed by atoms with van der Waals surface area (Å²) in [6.45, 7) is 6.12. The molecule has 1 N–H and O–H groups in total. The molecular formula is C51H84O7. The summed E-state index contributed by atoms with van der Waals surface area (Å²) in [5, 5.41) is 9.88. The molecule has 7 nitrogen and oxygen atoms in total. The molecule has 0 heterocycles. The van der Waals surface area contributed by atoms with E-state index in [9.17, 15) is 14.7 Å². The zero-order valence-electron chi connectivity index (χ0n) is 37.1. The van der Waals surface area contributed by atoms with Gasteiger partial charge >= 0.3 is 11.9 Å². The summed E-state index contributed by atoms with van der Waals surface area (Å²) in [6.07, 6.45) is 47.9. The molecule has 0 aliphatic rings. The lowest BCUT2D eigenvalue weighted by molar-refractivity contribution is -0.144. The third-order valence-electron chi connectivity index (χ3n) is 10.00. The number of aliphatic hydroxyl groups is 1. The van der Waals surface area contributed by atoms with E-state index >= 15 is 0 Å². The van der Waals surface area contributed by atoms with Gasteiger partial charge in [0.15, 0.2) is 0 Å². The second-order valence-corrected chi connectivity index (χ2v) is 15.4. The Bertz CT molecular complexity index is 1220. The highest BCUT2D eigenvalue weighted by Gasteiger charge is 2.08. The quantitative estimate of drug-likeness (QED) is 0.0400. The van der Waals surface area contributed by atoms with Gasteiger partial charge in [-0.2, -0.15) is 0 Å². The maximum absolute atomic E-state index is 12.1. The second-order valence-electron chi connectivity index (χ2n) is 15.4. The van der Waals surface area contributed by atoms with Crippen LogP contribution in [0.2, 0.25) is 0 Å². The summed E-state index contributed by atoms with van der Waals surface area (Å²) in [4.78, 5) is 24.2. The van der Waals surface area contributed by atoms with Gasteiger partial charge in [-0.25, -0.2) is 0 Å². The van der Waals surface area contributed by atoms with Crippen molar-refractivity contribution in [1.29, 1.82) is 0 Å². The fourth-order valence-electron chi connectivity index (χ4n) is 6.37. The van der Waals surface area contributed by atoms with Crippen molar-refractivity contribution in [2.45, 2.75) is 200 Å². The minimum atomic E-state index is -0.150. The summed E-state index contributed by atoms with van der Waals surface area (Å²) < 4.78 is 22.6. The predicted octanol–water partition coefficient (Wildman–Crippen LogP) is 14.2. The molecular weight excluding hydrogens is 725 g/mol. The molecule has 1 aromatic carbocycles. The fraction of sp³-hybridized carbons (Fsp3) is 0.686. The van der Waals surface area contributed by atoms with Gasteiger partial charge in [0.1, 0.15) is 11.5 Å². The van der Waals surface area contributed by atoms with Crippen molar-refractivity contribution in [3.8, 4) is 11.5 Å². The Balaban J connectivity index is 1.98. The number of carbonyl (C=O) groups is 2. The smallest absolute Gasteiger partial charge is 0.305 e. The van der Waals surface area contributed by atoms with E-state index in [0.29, 0.717) is 56.3 Å². The van der Waals surface area contributed by atoms with Crippen LogP contribution in [0.5, 0.6) is 11.5 Å². The first-order chi connectivity index (χ1) is 28.6. The molecule has 330 valence electrons. The number of esters is 2. The van der Waals surface area contributed by atoms with Crippen molar-refractivity contribution in [1.82, 2.24) is 0 Å². The van der Waals surface area contributed by atoms with Crippen LogP contribution in [0, 0.1) is 0 Å². The molecule has 0 atom stereocenters. The van der Waals surface area contributed by atoms with Crippen molar-refractivity contribution in [3.05, 3.63) is 72.4 Å². The van der Waals surface area contributed by atoms with Gasteiger partial charge in [0.2, 0.25) is 0 Å². The summed E-state index contributed by atoms with van der Waals surface area (Å²) in [7, 11) is 0. The molecule has 1 rings (SSSR count). The van der Waals surface area contributed by atoms with Crippen molar-refractivity contribution in [3.63, 3.8) is 0 Å². The number of aliphatic hydroxyl groups excluding tert-OH is 1. The summed E-state index contributed by atoms with van der Waals surface area (Å²) in [6, 6.07) is 5.46. The zero-order chi connectivity index (χ0) is 41.8. The summed E-state index contributed by atoms with van der Waals surface area (Å²) >= 11 is 0. The van der Waals surface area contributed by atoms with E-state index in [1.54, 1.807) is 6.07 Å². The molecule has 0 amide bonds. The number of rotatable bonds is 41. The normalized spacial score (nSPS) is 11.8. The number of benzene rings is 1. The van der Waals surface area contributed by atoms with E-state index in [1.165, 1.54) is 77.0 Å². The first-order valence-electron chi connectivity index (χ1n) is 23.5. The maximum Gasteiger partial charge on any atom is 0.305 e. The summed E-state index contributed by atoms with van der Waals surface area (Å²) in [5.41, 5.74) is 0.670. The van der Waals surface area contributed by atoms with Gasteiger partial charge in [0.25, 0.3) is 0 Å². The predicted molar refractivity (Wildman–Crippen MR) is 242 cm³/mol. The third kappa shape index (κ3) is 34.7. The maximum atomic E-state index is 12.1. The standard InChI is InChI=1S/C51H84O7/c1-3-5-7-9-11-13-15-17-19-21-23-25-27-29-31-37-50(53)57-43-35-33-41-55-48-39-40-49(47(45-48)46-52)56-42-34-36-44-58-51(54)38-32-30-28-26-24-22-20-18-16-14-12-10-8-6-4-2/h11-14,17-20,39-40,45,52H,3-10,15-16,21-38,41-44,46H2,1-2H3/b13-11-,14-12-,19-17-,20-18-. The van der Waals surface area contributed by atoms with Crippen LogP contribution in [0.3, 0.4) is 0 Å². The topological polar surface area (TPSA) is 91.3 Å². The summed E-state index contributed by atoms with van der Waals surface area (Å²) in [5.74, 6) is 1.07. The van der Waals surface area contributed by atoms with E-state index in [2.05, 4.69) is 62.5 Å². The van der Waals surface area contributed by atoms with Crippen molar-refractivity contribution < 1.29 is 33.6 Å². The minimum Gasteiger partial charge on any atom is -0.494 e. The molecule has 0 bridgehead atoms. The van der Waals surface area contributed by atoms with Crippen LogP contribution in [-0.4, -0.2) is 43.5 Å². The molecule has 0 spiro atoms. The van der Waals surface area contributed by atoms with E-state index < -0.39 is 0 Å². The third-order valence-corrected chi connectivity index (χ3v) is 10.00. The van der Waals surface area contributed by atoms with E-state index in [0.717, 1.165) is 89.9 Å².